The fourth-order valence-corrected chi connectivity index (χ4v) is 21.1. The third-order valence-electron chi connectivity index (χ3n) is 24.7. The van der Waals surface area contributed by atoms with E-state index in [9.17, 15) is 58.8 Å². The van der Waals surface area contributed by atoms with E-state index in [2.05, 4.69) is 57.7 Å². The molecular formula is C93H128ClN15O21S4. The zero-order chi connectivity index (χ0) is 97.1. The van der Waals surface area contributed by atoms with Crippen LogP contribution in [0.25, 0.3) is 10.9 Å². The molecule has 0 aliphatic carbocycles. The van der Waals surface area contributed by atoms with Crippen LogP contribution in [0, 0.1) is 5.92 Å². The van der Waals surface area contributed by atoms with Gasteiger partial charge in [0.05, 0.1) is 56.7 Å². The summed E-state index contributed by atoms with van der Waals surface area (Å²) in [5, 5.41) is 69.2. The lowest BCUT2D eigenvalue weighted by Crippen LogP contribution is -2.63. The van der Waals surface area contributed by atoms with Crippen LogP contribution in [-0.2, 0) is 97.4 Å². The molecule has 36 nitrogen and oxygen atoms in total. The Labute approximate surface area is 801 Å². The van der Waals surface area contributed by atoms with E-state index in [0.717, 1.165) is 62.3 Å². The lowest BCUT2D eigenvalue weighted by atomic mass is 9.83. The second-order valence-electron chi connectivity index (χ2n) is 34.8. The highest BCUT2D eigenvalue weighted by molar-refractivity contribution is 8.77. The van der Waals surface area contributed by atoms with Gasteiger partial charge in [-0.25, -0.2) is 9.59 Å². The summed E-state index contributed by atoms with van der Waals surface area (Å²) < 4.78 is 29.8. The molecule has 732 valence electrons. The molecule has 0 radical (unpaired) electrons. The number of aliphatic hydroxyl groups excluding tert-OH is 3. The number of para-hydroxylation sites is 1. The number of rotatable bonds is 33. The number of amides is 11. The molecule has 0 spiro atoms. The third-order valence-corrected chi connectivity index (χ3v) is 30.0. The minimum Gasteiger partial charge on any atom is -0.495 e. The van der Waals surface area contributed by atoms with Gasteiger partial charge in [-0.05, 0) is 120 Å². The van der Waals surface area contributed by atoms with Gasteiger partial charge in [-0.15, -0.1) is 0 Å². The van der Waals surface area contributed by atoms with Crippen LogP contribution in [0.3, 0.4) is 0 Å². The number of H-pyrrole nitrogens is 1. The van der Waals surface area contributed by atoms with Crippen LogP contribution in [0.15, 0.2) is 127 Å². The monoisotopic (exact) mass is 1950 g/mol. The van der Waals surface area contributed by atoms with Crippen LogP contribution in [0.5, 0.6) is 5.75 Å². The molecule has 41 heteroatoms. The van der Waals surface area contributed by atoms with Crippen LogP contribution in [0.2, 0.25) is 5.02 Å². The molecular weight excluding hydrogens is 1830 g/mol. The van der Waals surface area contributed by atoms with Crippen molar-refractivity contribution in [2.75, 3.05) is 109 Å². The number of epoxide rings is 1. The molecule has 18 atom stereocenters. The Morgan fingerprint density at radius 1 is 0.784 bits per heavy atom. The number of aromatic nitrogens is 1. The number of carbonyl (C=O) groups excluding carboxylic acids is 12. The minimum absolute atomic E-state index is 0.0184. The number of alkyl carbamates (subject to hydrolysis) is 1. The van der Waals surface area contributed by atoms with Crippen molar-refractivity contribution in [2.24, 2.45) is 11.7 Å². The number of unbranched alkanes of at least 4 members (excludes halogenated alkanes) is 1. The Kier molecular flexibility index (Phi) is 40.6. The smallest absolute Gasteiger partial charge is 0.409 e. The van der Waals surface area contributed by atoms with Crippen LogP contribution in [-0.4, -0.2) is 317 Å². The number of nitrogens with two attached hydrogens (primary N) is 1. The molecule has 5 aliphatic heterocycles. The number of piperazine rings is 1. The summed E-state index contributed by atoms with van der Waals surface area (Å²) in [5.74, 6) is -7.90. The molecule has 11 amide bonds. The number of allylic oxidation sites excluding steroid dienone is 3. The van der Waals surface area contributed by atoms with Gasteiger partial charge in [0.25, 0.3) is 0 Å². The first-order valence-electron chi connectivity index (χ1n) is 45.0. The fraction of sp³-hybridized carbons (Fsp3) is 0.548. The average Bonchev–Trinajstić information content (AvgIpc) is 1.57. The Morgan fingerprint density at radius 2 is 1.43 bits per heavy atom. The van der Waals surface area contributed by atoms with Gasteiger partial charge in [-0.2, -0.15) is 0 Å². The van der Waals surface area contributed by atoms with Gasteiger partial charge in [0.2, 0.25) is 59.1 Å². The number of hydrogen-bond acceptors (Lipinski definition) is 28. The summed E-state index contributed by atoms with van der Waals surface area (Å²) in [6.45, 7) is 11.9. The maximum atomic E-state index is 15.4. The zero-order valence-corrected chi connectivity index (χ0v) is 81.2. The molecule has 16 N–H and O–H groups in total. The second kappa shape index (κ2) is 51.0. The van der Waals surface area contributed by atoms with Crippen molar-refractivity contribution in [3.63, 3.8) is 0 Å². The van der Waals surface area contributed by atoms with E-state index >= 15 is 19.2 Å². The molecule has 5 aliphatic rings. The number of benzene rings is 4. The van der Waals surface area contributed by atoms with Crippen molar-refractivity contribution in [1.29, 1.82) is 0 Å². The second-order valence-corrected chi connectivity index (χ2v) is 40.4. The highest BCUT2D eigenvalue weighted by Gasteiger charge is 2.65. The van der Waals surface area contributed by atoms with Crippen LogP contribution >= 0.6 is 54.8 Å². The Bertz CT molecular complexity index is 4930. The van der Waals surface area contributed by atoms with Gasteiger partial charge in [0.15, 0.2) is 5.72 Å². The molecule has 4 aromatic carbocycles. The number of nitrogens with zero attached hydrogens (tertiary/aromatic N) is 4. The number of nitrogens with one attached hydrogen (secondary N) is 10. The lowest BCUT2D eigenvalue weighted by molar-refractivity contribution is -0.162. The quantitative estimate of drug-likeness (QED) is 0.0123. The van der Waals surface area contributed by atoms with Gasteiger partial charge in [-0.3, -0.25) is 58.2 Å². The maximum Gasteiger partial charge on any atom is 0.409 e. The number of aliphatic hydroxyl groups is 4. The van der Waals surface area contributed by atoms with Gasteiger partial charge in [-0.1, -0.05) is 164 Å². The summed E-state index contributed by atoms with van der Waals surface area (Å²) in [6.07, 6.45) is 0.385. The maximum absolute atomic E-state index is 15.4. The number of anilines is 1. The highest BCUT2D eigenvalue weighted by atomic mass is 35.5. The van der Waals surface area contributed by atoms with Crippen molar-refractivity contribution in [2.45, 2.75) is 214 Å². The molecule has 0 saturated carbocycles. The average molecular weight is 1960 g/mol. The van der Waals surface area contributed by atoms with Crippen molar-refractivity contribution in [1.82, 2.24) is 67.5 Å². The molecule has 5 aromatic rings. The molecule has 1 aromatic heterocycles. The van der Waals surface area contributed by atoms with Crippen LogP contribution in [0.4, 0.5) is 10.5 Å². The van der Waals surface area contributed by atoms with Crippen molar-refractivity contribution < 1.29 is 102 Å². The lowest BCUT2D eigenvalue weighted by Gasteiger charge is -2.42. The number of aromatic amines is 1. The Morgan fingerprint density at radius 3 is 2.11 bits per heavy atom. The number of hydrogen-bond donors (Lipinski definition) is 15. The topological polar surface area (TPSA) is 498 Å². The van der Waals surface area contributed by atoms with Crippen molar-refractivity contribution in [3.05, 3.63) is 154 Å². The van der Waals surface area contributed by atoms with Crippen LogP contribution in [0.1, 0.15) is 109 Å². The van der Waals surface area contributed by atoms with Crippen LogP contribution < -0.4 is 63.2 Å². The molecule has 4 fully saturated rings. The zero-order valence-electron chi connectivity index (χ0n) is 77.2. The minimum atomic E-state index is -1.91. The summed E-state index contributed by atoms with van der Waals surface area (Å²) in [4.78, 5) is 185. The van der Waals surface area contributed by atoms with Gasteiger partial charge < -0.3 is 112 Å². The normalized spacial score (nSPS) is 26.4. The van der Waals surface area contributed by atoms with Crippen molar-refractivity contribution in [3.8, 4) is 5.75 Å². The van der Waals surface area contributed by atoms with E-state index in [1.54, 1.807) is 129 Å². The SMILES string of the molecule is COc1cc2cc(c1Cl)N(C)C(=O)C[C@H](OC(=O)[C@H](C)N(C)C(=O)CCSSCCCN1CCN(CC(=O)N[C@H](Cc3ccccc3)C(=O)N[C@H]3CSSC[C@@H](C(=O)N[C@H](CO)[C@@H](C)O)NC(=O)[C@H]([C@@H](C)O)NC(=O)[C@H](CCCCN)NC(=O)[C@@H](Cc4c[nH]c5ccccc45)NC(=O)[C@H](Cc4ccccc4)NC3=O)CC1)[C@]1(C)O[C@H]1[C@H](C)[C@@H]1C[C@@](O)(NC(=O)O1)[C@H](OC)/C=C/C=C(\C)C2. The predicted octanol–water partition coefficient (Wildman–Crippen LogP) is 3.66. The molecule has 4 saturated heterocycles. The largest absolute Gasteiger partial charge is 0.495 e. The first-order chi connectivity index (χ1) is 64.0. The number of ether oxygens (including phenoxy) is 5. The number of esters is 1. The standard InChI is InChI=1S/C93H128ClN15O21S4/c1-54-23-21-31-75(127-10)93(125)48-74(128-91(124)105-93)55(2)82-92(6,130-82)76(47-79(115)107(8)72-44-61(41-54)45-73(126-9)80(72)94)129-90(123)56(3)106(7)78(114)32-40-132-131-39-22-34-108-35-37-109(38-36-108)50-77(113)97-66(42-59-24-13-11-14-25-59)84(117)102-70-52-133-134-53-71(88(121)101-69(51-110)57(4)111)103-89(122)81(58(5)112)104-83(116)65(30-19-20-33-95)98-86(119)68(46-62-49-96-64-29-18-17-28-63(62)64)100-85(118)67(99-87(70)120)43-60-26-15-12-16-27-60/h11-18,21,23-29,31,44-45,49,55-58,65-71,74-76,81-82,96,110-112,125H,19-20,22,30,32-43,46-48,50-53,95H2,1-10H3,(H,97,113)(H,98,119)(H,99,120)(H,100,118)(H,101,121)(H,102,117)(H,103,122)(H,104,116)(H,105,124)/b31-21+,54-23+/t55-,56+,57-,58-,65+,66-,67+,68-,69-,70+,71+,74+,75-,76+,81+,82+,92+,93+/m1/s1. The molecule has 134 heavy (non-hydrogen) atoms. The van der Waals surface area contributed by atoms with E-state index in [0.29, 0.717) is 79.3 Å². The number of halogens is 1. The summed E-state index contributed by atoms with van der Waals surface area (Å²) >= 11 is 6.90. The van der Waals surface area contributed by atoms with E-state index in [1.807, 2.05) is 36.1 Å². The van der Waals surface area contributed by atoms with Gasteiger partial charge >= 0.3 is 12.1 Å². The molecule has 6 heterocycles. The number of likely N-dealkylation sites (N-methyl/N-ethyl adjacent to an activating group) is 1. The number of methoxy groups -OCH3 is 2. The first-order valence-corrected chi connectivity index (χ1v) is 50.4. The van der Waals surface area contributed by atoms with Gasteiger partial charge in [0, 0.05) is 126 Å². The Hall–Kier alpha value is -9.53. The summed E-state index contributed by atoms with van der Waals surface area (Å²) in [7, 11) is 11.0. The fourth-order valence-electron chi connectivity index (χ4n) is 16.4. The van der Waals surface area contributed by atoms with E-state index in [4.69, 9.17) is 41.0 Å². The molecule has 10 rings (SSSR count). The van der Waals surface area contributed by atoms with E-state index < -0.39 is 186 Å². The molecule has 0 unspecified atom stereocenters. The summed E-state index contributed by atoms with van der Waals surface area (Å²) in [6, 6.07) is 15.8. The third kappa shape index (κ3) is 30.0. The van der Waals surface area contributed by atoms with E-state index in [1.165, 1.54) is 62.6 Å². The predicted molar refractivity (Wildman–Crippen MR) is 514 cm³/mol. The summed E-state index contributed by atoms with van der Waals surface area (Å²) in [5.41, 5.74) is 7.22. The first kappa shape index (κ1) is 107. The van der Waals surface area contributed by atoms with Gasteiger partial charge in [0.1, 0.15) is 83.0 Å². The van der Waals surface area contributed by atoms with Crippen molar-refractivity contribution >= 4 is 143 Å². The number of carbonyl (C=O) groups is 12. The highest BCUT2D eigenvalue weighted by Crippen LogP contribution is 2.50. The molecule has 4 bridgehead atoms. The Balaban J connectivity index is 0.766. The number of fused-ring (bicyclic) bond motifs is 6. The van der Waals surface area contributed by atoms with E-state index in [-0.39, 0.29) is 74.0 Å².